The summed E-state index contributed by atoms with van der Waals surface area (Å²) < 4.78 is 18.5. The zero-order valence-corrected chi connectivity index (χ0v) is 15.6. The lowest BCUT2D eigenvalue weighted by Crippen LogP contribution is -2.36. The molecule has 0 aliphatic carbocycles. The normalized spacial score (nSPS) is 13.8. The molecule has 4 rings (SSSR count). The predicted molar refractivity (Wildman–Crippen MR) is 109 cm³/mol. The third-order valence-electron chi connectivity index (χ3n) is 4.52. The number of nitrogens with zero attached hydrogens (tertiary/aromatic N) is 3. The van der Waals surface area contributed by atoms with Crippen molar-refractivity contribution in [2.24, 2.45) is 0 Å². The zero-order valence-electron chi connectivity index (χ0n) is 15.6. The molecule has 0 spiro atoms. The Morgan fingerprint density at radius 3 is 2.59 bits per heavy atom. The number of anilines is 4. The number of hydrogen-bond acceptors (Lipinski definition) is 6. The first-order valence-electron chi connectivity index (χ1n) is 9.27. The fourth-order valence-electron chi connectivity index (χ4n) is 3.08. The minimum absolute atomic E-state index is 0.204. The molecule has 1 fully saturated rings. The van der Waals surface area contributed by atoms with Crippen LogP contribution in [0.5, 0.6) is 0 Å². The van der Waals surface area contributed by atoms with Crippen molar-refractivity contribution >= 4 is 28.8 Å². The molecule has 1 aliphatic heterocycles. The molecule has 1 aromatic heterocycles. The predicted octanol–water partition coefficient (Wildman–Crippen LogP) is 3.45. The summed E-state index contributed by atoms with van der Waals surface area (Å²) in [7, 11) is 0. The van der Waals surface area contributed by atoms with Crippen LogP contribution in [0.4, 0.5) is 27.3 Å². The first-order chi connectivity index (χ1) is 14.2. The minimum atomic E-state index is -0.400. The topological polar surface area (TPSA) is 79.4 Å². The van der Waals surface area contributed by atoms with Gasteiger partial charge in [-0.25, -0.2) is 14.4 Å². The van der Waals surface area contributed by atoms with Crippen LogP contribution in [0.1, 0.15) is 10.5 Å². The summed E-state index contributed by atoms with van der Waals surface area (Å²) in [4.78, 5) is 23.0. The van der Waals surface area contributed by atoms with Gasteiger partial charge in [0.05, 0.1) is 24.6 Å². The van der Waals surface area contributed by atoms with Crippen LogP contribution in [-0.4, -0.2) is 42.2 Å². The van der Waals surface area contributed by atoms with Gasteiger partial charge in [0.2, 0.25) is 0 Å². The minimum Gasteiger partial charge on any atom is -0.378 e. The van der Waals surface area contributed by atoms with Crippen LogP contribution in [-0.2, 0) is 4.74 Å². The Morgan fingerprint density at radius 2 is 1.79 bits per heavy atom. The molecule has 1 amide bonds. The van der Waals surface area contributed by atoms with Gasteiger partial charge < -0.3 is 20.3 Å². The molecule has 2 aromatic carbocycles. The largest absolute Gasteiger partial charge is 0.378 e. The van der Waals surface area contributed by atoms with Gasteiger partial charge in [-0.05, 0) is 36.4 Å². The number of hydrogen-bond donors (Lipinski definition) is 2. The number of morpholine rings is 1. The van der Waals surface area contributed by atoms with Crippen LogP contribution in [0.3, 0.4) is 0 Å². The summed E-state index contributed by atoms with van der Waals surface area (Å²) >= 11 is 0. The fraction of sp³-hybridized carbons (Fsp3) is 0.190. The lowest BCUT2D eigenvalue weighted by atomic mass is 10.2. The number of para-hydroxylation sites is 2. The Bertz CT molecular complexity index is 990. The number of benzene rings is 2. The fourth-order valence-corrected chi connectivity index (χ4v) is 3.08. The van der Waals surface area contributed by atoms with Gasteiger partial charge in [-0.2, -0.15) is 0 Å². The molecule has 1 aliphatic rings. The van der Waals surface area contributed by atoms with Gasteiger partial charge in [0.15, 0.2) is 0 Å². The second-order valence-corrected chi connectivity index (χ2v) is 6.49. The van der Waals surface area contributed by atoms with Crippen molar-refractivity contribution in [3.05, 3.63) is 72.4 Å². The molecule has 148 valence electrons. The number of aromatic nitrogens is 2. The number of rotatable bonds is 5. The molecule has 2 heterocycles. The van der Waals surface area contributed by atoms with Gasteiger partial charge in [-0.15, -0.1) is 0 Å². The van der Waals surface area contributed by atoms with Gasteiger partial charge in [0, 0.05) is 24.8 Å². The maximum atomic E-state index is 13.0. The monoisotopic (exact) mass is 393 g/mol. The summed E-state index contributed by atoms with van der Waals surface area (Å²) in [6.45, 7) is 3.01. The van der Waals surface area contributed by atoms with Gasteiger partial charge in [0.25, 0.3) is 5.91 Å². The van der Waals surface area contributed by atoms with E-state index in [1.807, 2.05) is 24.3 Å². The molecule has 2 N–H and O–H groups in total. The van der Waals surface area contributed by atoms with Crippen molar-refractivity contribution in [2.75, 3.05) is 41.8 Å². The third kappa shape index (κ3) is 4.67. The molecule has 3 aromatic rings. The van der Waals surface area contributed by atoms with Crippen molar-refractivity contribution in [3.63, 3.8) is 0 Å². The Balaban J connectivity index is 1.51. The van der Waals surface area contributed by atoms with Crippen LogP contribution in [0, 0.1) is 5.82 Å². The highest BCUT2D eigenvalue weighted by molar-refractivity contribution is 6.03. The van der Waals surface area contributed by atoms with Crippen molar-refractivity contribution < 1.29 is 13.9 Å². The van der Waals surface area contributed by atoms with Gasteiger partial charge in [-0.1, -0.05) is 12.1 Å². The summed E-state index contributed by atoms with van der Waals surface area (Å²) in [6, 6.07) is 15.1. The number of carbonyl (C=O) groups is 1. The molecule has 7 nitrogen and oxygen atoms in total. The smallest absolute Gasteiger partial charge is 0.274 e. The average molecular weight is 393 g/mol. The summed E-state index contributed by atoms with van der Waals surface area (Å²) in [5, 5.41) is 5.97. The Hall–Kier alpha value is -3.52. The van der Waals surface area contributed by atoms with E-state index in [-0.39, 0.29) is 11.5 Å². The third-order valence-corrected chi connectivity index (χ3v) is 4.52. The van der Waals surface area contributed by atoms with Crippen molar-refractivity contribution in [3.8, 4) is 0 Å². The Labute approximate surface area is 167 Å². The van der Waals surface area contributed by atoms with Crippen LogP contribution >= 0.6 is 0 Å². The van der Waals surface area contributed by atoms with Crippen molar-refractivity contribution in [1.29, 1.82) is 0 Å². The lowest BCUT2D eigenvalue weighted by molar-refractivity contribution is 0.102. The molecule has 0 bridgehead atoms. The van der Waals surface area contributed by atoms with E-state index in [2.05, 4.69) is 25.5 Å². The molecular formula is C21H20FN5O2. The first kappa shape index (κ1) is 18.8. The van der Waals surface area contributed by atoms with E-state index in [0.717, 1.165) is 24.5 Å². The van der Waals surface area contributed by atoms with Gasteiger partial charge in [-0.3, -0.25) is 4.79 Å². The molecule has 29 heavy (non-hydrogen) atoms. The second kappa shape index (κ2) is 8.66. The highest BCUT2D eigenvalue weighted by Crippen LogP contribution is 2.28. The lowest BCUT2D eigenvalue weighted by Gasteiger charge is -2.30. The molecule has 0 atom stereocenters. The number of carbonyl (C=O) groups excluding carboxylic acids is 1. The maximum Gasteiger partial charge on any atom is 0.274 e. The Kier molecular flexibility index (Phi) is 5.62. The molecule has 0 unspecified atom stereocenters. The highest BCUT2D eigenvalue weighted by atomic mass is 19.1. The second-order valence-electron chi connectivity index (χ2n) is 6.49. The SMILES string of the molecule is O=C(Nc1ccc(F)cc1)c1cc(Nc2ccccc2N2CCOCC2)ncn1. The van der Waals surface area contributed by atoms with Gasteiger partial charge in [0.1, 0.15) is 23.7 Å². The summed E-state index contributed by atoms with van der Waals surface area (Å²) in [5.74, 6) is -0.260. The molecule has 8 heteroatoms. The highest BCUT2D eigenvalue weighted by Gasteiger charge is 2.15. The van der Waals surface area contributed by atoms with Crippen LogP contribution in [0.15, 0.2) is 60.9 Å². The standard InChI is InChI=1S/C21H20FN5O2/c22-15-5-7-16(8-6-15)25-21(28)18-13-20(24-14-23-18)26-17-3-1-2-4-19(17)27-9-11-29-12-10-27/h1-8,13-14H,9-12H2,(H,25,28)(H,23,24,26). The van der Waals surface area contributed by atoms with Gasteiger partial charge >= 0.3 is 0 Å². The number of ether oxygens (including phenoxy) is 1. The van der Waals surface area contributed by atoms with E-state index in [4.69, 9.17) is 4.74 Å². The van der Waals surface area contributed by atoms with Crippen molar-refractivity contribution in [2.45, 2.75) is 0 Å². The molecule has 0 saturated carbocycles. The van der Waals surface area contributed by atoms with E-state index in [0.29, 0.717) is 24.7 Å². The number of nitrogens with one attached hydrogen (secondary N) is 2. The number of halogens is 1. The van der Waals surface area contributed by atoms with Crippen LogP contribution in [0.25, 0.3) is 0 Å². The van der Waals surface area contributed by atoms with E-state index in [1.54, 1.807) is 6.07 Å². The quantitative estimate of drug-likeness (QED) is 0.691. The van der Waals surface area contributed by atoms with Crippen LogP contribution < -0.4 is 15.5 Å². The average Bonchev–Trinajstić information content (AvgIpc) is 2.76. The van der Waals surface area contributed by atoms with Crippen LogP contribution in [0.2, 0.25) is 0 Å². The van der Waals surface area contributed by atoms with E-state index in [9.17, 15) is 9.18 Å². The summed E-state index contributed by atoms with van der Waals surface area (Å²) in [5.41, 5.74) is 2.63. The Morgan fingerprint density at radius 1 is 1.03 bits per heavy atom. The molecule has 1 saturated heterocycles. The maximum absolute atomic E-state index is 13.0. The van der Waals surface area contributed by atoms with E-state index in [1.165, 1.54) is 30.6 Å². The van der Waals surface area contributed by atoms with Crippen molar-refractivity contribution in [1.82, 2.24) is 9.97 Å². The molecular weight excluding hydrogens is 373 g/mol. The van der Waals surface area contributed by atoms with E-state index >= 15 is 0 Å². The number of amides is 1. The first-order valence-corrected chi connectivity index (χ1v) is 9.27. The van der Waals surface area contributed by atoms with E-state index < -0.39 is 5.91 Å². The zero-order chi connectivity index (χ0) is 20.1. The summed E-state index contributed by atoms with van der Waals surface area (Å²) in [6.07, 6.45) is 1.33. The molecule has 0 radical (unpaired) electrons.